The Labute approximate surface area is 121 Å². The Hall–Kier alpha value is -1.35. The number of rotatable bonds is 4. The van der Waals surface area contributed by atoms with E-state index in [1.165, 1.54) is 0 Å². The number of carbonyl (C=O) groups excluding carboxylic acids is 1. The zero-order valence-electron chi connectivity index (χ0n) is 12.9. The van der Waals surface area contributed by atoms with Crippen molar-refractivity contribution in [2.24, 2.45) is 5.92 Å². The molecule has 2 rings (SSSR count). The average molecular weight is 275 g/mol. The SMILES string of the molecule is CC(C)CCC1(C)OCC(C)N1C(=O)c1ccccc1. The molecule has 3 nitrogen and oxygen atoms in total. The molecule has 0 aliphatic carbocycles. The van der Waals surface area contributed by atoms with E-state index in [1.807, 2.05) is 42.2 Å². The highest BCUT2D eigenvalue weighted by Crippen LogP contribution is 2.34. The molecule has 1 aromatic rings. The van der Waals surface area contributed by atoms with Crippen LogP contribution in [0.3, 0.4) is 0 Å². The van der Waals surface area contributed by atoms with E-state index in [4.69, 9.17) is 4.74 Å². The van der Waals surface area contributed by atoms with Crippen LogP contribution in [-0.2, 0) is 4.74 Å². The fourth-order valence-corrected chi connectivity index (χ4v) is 2.79. The van der Waals surface area contributed by atoms with Gasteiger partial charge in [-0.15, -0.1) is 0 Å². The Balaban J connectivity index is 2.20. The smallest absolute Gasteiger partial charge is 0.256 e. The Morgan fingerprint density at radius 3 is 2.65 bits per heavy atom. The minimum absolute atomic E-state index is 0.0712. The third kappa shape index (κ3) is 3.04. The fraction of sp³-hybridized carbons (Fsp3) is 0.588. The molecule has 1 saturated heterocycles. The average Bonchev–Trinajstić information content (AvgIpc) is 2.73. The van der Waals surface area contributed by atoms with Crippen LogP contribution >= 0.6 is 0 Å². The van der Waals surface area contributed by atoms with Gasteiger partial charge in [0, 0.05) is 5.56 Å². The Kier molecular flexibility index (Phi) is 4.48. The summed E-state index contributed by atoms with van der Waals surface area (Å²) in [6.07, 6.45) is 1.94. The van der Waals surface area contributed by atoms with Crippen molar-refractivity contribution >= 4 is 5.91 Å². The summed E-state index contributed by atoms with van der Waals surface area (Å²) < 4.78 is 5.96. The monoisotopic (exact) mass is 275 g/mol. The standard InChI is InChI=1S/C17H25NO2/c1-13(2)10-11-17(4)18(14(3)12-20-17)16(19)15-8-6-5-7-9-15/h5-9,13-14H,10-12H2,1-4H3. The fourth-order valence-electron chi connectivity index (χ4n) is 2.79. The lowest BCUT2D eigenvalue weighted by atomic mass is 9.99. The maximum absolute atomic E-state index is 12.8. The molecule has 3 heteroatoms. The highest BCUT2D eigenvalue weighted by Gasteiger charge is 2.44. The topological polar surface area (TPSA) is 29.5 Å². The minimum atomic E-state index is -0.476. The van der Waals surface area contributed by atoms with Gasteiger partial charge in [0.1, 0.15) is 5.72 Å². The van der Waals surface area contributed by atoms with Crippen molar-refractivity contribution in [3.63, 3.8) is 0 Å². The lowest BCUT2D eigenvalue weighted by molar-refractivity contribution is -0.0636. The van der Waals surface area contributed by atoms with Crippen LogP contribution in [0.25, 0.3) is 0 Å². The Morgan fingerprint density at radius 1 is 1.40 bits per heavy atom. The first-order valence-corrected chi connectivity index (χ1v) is 7.47. The first-order valence-electron chi connectivity index (χ1n) is 7.47. The number of amides is 1. The molecule has 0 spiro atoms. The van der Waals surface area contributed by atoms with Gasteiger partial charge in [-0.25, -0.2) is 0 Å². The van der Waals surface area contributed by atoms with Gasteiger partial charge < -0.3 is 9.64 Å². The van der Waals surface area contributed by atoms with Gasteiger partial charge in [0.05, 0.1) is 12.6 Å². The highest BCUT2D eigenvalue weighted by atomic mass is 16.5. The van der Waals surface area contributed by atoms with Gasteiger partial charge in [-0.3, -0.25) is 4.79 Å². The molecule has 1 aliphatic rings. The van der Waals surface area contributed by atoms with Crippen molar-refractivity contribution in [2.45, 2.75) is 52.3 Å². The third-order valence-corrected chi connectivity index (χ3v) is 4.01. The summed E-state index contributed by atoms with van der Waals surface area (Å²) in [6.45, 7) is 9.12. The van der Waals surface area contributed by atoms with Gasteiger partial charge in [0.15, 0.2) is 0 Å². The highest BCUT2D eigenvalue weighted by molar-refractivity contribution is 5.95. The van der Waals surface area contributed by atoms with Crippen molar-refractivity contribution in [1.29, 1.82) is 0 Å². The maximum atomic E-state index is 12.8. The molecule has 110 valence electrons. The molecule has 1 amide bonds. The van der Waals surface area contributed by atoms with Crippen LogP contribution in [0, 0.1) is 5.92 Å². The van der Waals surface area contributed by atoms with Gasteiger partial charge >= 0.3 is 0 Å². The van der Waals surface area contributed by atoms with Crippen molar-refractivity contribution in [1.82, 2.24) is 4.90 Å². The molecule has 2 atom stereocenters. The third-order valence-electron chi connectivity index (χ3n) is 4.01. The summed E-state index contributed by atoms with van der Waals surface area (Å²) in [5.74, 6) is 0.682. The largest absolute Gasteiger partial charge is 0.354 e. The molecule has 1 heterocycles. The Bertz CT molecular complexity index is 457. The lowest BCUT2D eigenvalue weighted by Crippen LogP contribution is -2.49. The van der Waals surface area contributed by atoms with Gasteiger partial charge in [-0.05, 0) is 44.7 Å². The van der Waals surface area contributed by atoms with E-state index in [2.05, 4.69) is 20.8 Å². The van der Waals surface area contributed by atoms with Crippen LogP contribution in [0.1, 0.15) is 50.9 Å². The Morgan fingerprint density at radius 2 is 2.05 bits per heavy atom. The van der Waals surface area contributed by atoms with E-state index < -0.39 is 5.72 Å². The van der Waals surface area contributed by atoms with E-state index in [0.717, 1.165) is 18.4 Å². The summed E-state index contributed by atoms with van der Waals surface area (Å²) in [5, 5.41) is 0. The lowest BCUT2D eigenvalue weighted by Gasteiger charge is -2.36. The van der Waals surface area contributed by atoms with Crippen LogP contribution < -0.4 is 0 Å². The quantitative estimate of drug-likeness (QED) is 0.838. The molecule has 0 bridgehead atoms. The second-order valence-corrected chi connectivity index (χ2v) is 6.31. The van der Waals surface area contributed by atoms with Gasteiger partial charge in [0.25, 0.3) is 5.91 Å². The number of benzene rings is 1. The molecular formula is C17H25NO2. The predicted molar refractivity (Wildman–Crippen MR) is 80.5 cm³/mol. The number of hydrogen-bond acceptors (Lipinski definition) is 2. The molecule has 0 N–H and O–H groups in total. The van der Waals surface area contributed by atoms with Crippen molar-refractivity contribution in [2.75, 3.05) is 6.61 Å². The molecule has 0 aromatic heterocycles. The number of nitrogens with zero attached hydrogens (tertiary/aromatic N) is 1. The van der Waals surface area contributed by atoms with Crippen molar-refractivity contribution < 1.29 is 9.53 Å². The van der Waals surface area contributed by atoms with Gasteiger partial charge in [-0.1, -0.05) is 32.0 Å². The van der Waals surface area contributed by atoms with E-state index in [9.17, 15) is 4.79 Å². The van der Waals surface area contributed by atoms with E-state index >= 15 is 0 Å². The summed E-state index contributed by atoms with van der Waals surface area (Å²) in [4.78, 5) is 14.7. The van der Waals surface area contributed by atoms with Crippen LogP contribution in [0.2, 0.25) is 0 Å². The van der Waals surface area contributed by atoms with Gasteiger partial charge in [-0.2, -0.15) is 0 Å². The zero-order chi connectivity index (χ0) is 14.8. The van der Waals surface area contributed by atoms with Crippen LogP contribution in [0.5, 0.6) is 0 Å². The number of hydrogen-bond donors (Lipinski definition) is 0. The predicted octanol–water partition coefficient (Wildman–Crippen LogP) is 3.70. The molecule has 0 saturated carbocycles. The molecule has 2 unspecified atom stereocenters. The van der Waals surface area contributed by atoms with Crippen LogP contribution in [0.4, 0.5) is 0 Å². The summed E-state index contributed by atoms with van der Waals surface area (Å²) >= 11 is 0. The van der Waals surface area contributed by atoms with E-state index in [1.54, 1.807) is 0 Å². The van der Waals surface area contributed by atoms with Crippen LogP contribution in [0.15, 0.2) is 30.3 Å². The van der Waals surface area contributed by atoms with Gasteiger partial charge in [0.2, 0.25) is 0 Å². The summed E-state index contributed by atoms with van der Waals surface area (Å²) in [5.41, 5.74) is 0.261. The second-order valence-electron chi connectivity index (χ2n) is 6.31. The molecule has 1 aromatic carbocycles. The van der Waals surface area contributed by atoms with Crippen molar-refractivity contribution in [3.05, 3.63) is 35.9 Å². The molecule has 0 radical (unpaired) electrons. The van der Waals surface area contributed by atoms with E-state index in [-0.39, 0.29) is 11.9 Å². The number of ether oxygens (including phenoxy) is 1. The summed E-state index contributed by atoms with van der Waals surface area (Å²) in [7, 11) is 0. The molecule has 1 aliphatic heterocycles. The first-order chi connectivity index (χ1) is 9.44. The summed E-state index contributed by atoms with van der Waals surface area (Å²) in [6, 6.07) is 9.60. The molecular weight excluding hydrogens is 250 g/mol. The second kappa shape index (κ2) is 5.96. The molecule has 1 fully saturated rings. The minimum Gasteiger partial charge on any atom is -0.354 e. The maximum Gasteiger partial charge on any atom is 0.256 e. The van der Waals surface area contributed by atoms with Crippen LogP contribution in [-0.4, -0.2) is 29.2 Å². The first kappa shape index (κ1) is 15.0. The molecule has 20 heavy (non-hydrogen) atoms. The van der Waals surface area contributed by atoms with E-state index in [0.29, 0.717) is 12.5 Å². The number of carbonyl (C=O) groups is 1. The zero-order valence-corrected chi connectivity index (χ0v) is 12.9. The van der Waals surface area contributed by atoms with Crippen molar-refractivity contribution in [3.8, 4) is 0 Å². The normalized spacial score (nSPS) is 26.2.